The molecule has 2 rings (SSSR count). The molecule has 0 heterocycles. The Kier molecular flexibility index (Phi) is 6.64. The standard InChI is InChI=1S/C18H20N2O8S/c1-5-19(29(24,25)17-9-7-6-8-13(17)20(22)23)14-11-16(27-3)15(26-2)10-12(14)18(21)28-4/h6-11H,5H2,1-4H3. The third-order valence-electron chi connectivity index (χ3n) is 4.09. The van der Waals surface area contributed by atoms with Crippen LogP contribution in [-0.4, -0.2) is 47.2 Å². The first-order valence-electron chi connectivity index (χ1n) is 8.33. The van der Waals surface area contributed by atoms with Gasteiger partial charge in [0.05, 0.1) is 37.5 Å². The molecule has 0 aliphatic rings. The highest BCUT2D eigenvalue weighted by molar-refractivity contribution is 7.93. The third-order valence-corrected chi connectivity index (χ3v) is 6.03. The van der Waals surface area contributed by atoms with Crippen molar-refractivity contribution in [2.45, 2.75) is 11.8 Å². The van der Waals surface area contributed by atoms with Gasteiger partial charge in [-0.3, -0.25) is 14.4 Å². The maximum atomic E-state index is 13.3. The molecule has 11 heteroatoms. The normalized spacial score (nSPS) is 10.9. The maximum Gasteiger partial charge on any atom is 0.340 e. The summed E-state index contributed by atoms with van der Waals surface area (Å²) in [4.78, 5) is 22.4. The Labute approximate surface area is 167 Å². The molecule has 156 valence electrons. The topological polar surface area (TPSA) is 125 Å². The van der Waals surface area contributed by atoms with Gasteiger partial charge in [-0.15, -0.1) is 0 Å². The number of carbonyl (C=O) groups is 1. The van der Waals surface area contributed by atoms with Gasteiger partial charge in [-0.1, -0.05) is 12.1 Å². The zero-order chi connectivity index (χ0) is 21.8. The van der Waals surface area contributed by atoms with Gasteiger partial charge in [-0.2, -0.15) is 0 Å². The quantitative estimate of drug-likeness (QED) is 0.360. The molecular formula is C18H20N2O8S. The summed E-state index contributed by atoms with van der Waals surface area (Å²) < 4.78 is 42.6. The summed E-state index contributed by atoms with van der Waals surface area (Å²) in [6, 6.07) is 7.57. The van der Waals surface area contributed by atoms with Gasteiger partial charge in [0.1, 0.15) is 0 Å². The zero-order valence-corrected chi connectivity index (χ0v) is 17.1. The van der Waals surface area contributed by atoms with E-state index in [1.807, 2.05) is 0 Å². The van der Waals surface area contributed by atoms with E-state index in [1.165, 1.54) is 45.4 Å². The molecule has 0 atom stereocenters. The number of rotatable bonds is 8. The first-order chi connectivity index (χ1) is 13.7. The molecule has 0 bridgehead atoms. The highest BCUT2D eigenvalue weighted by Crippen LogP contribution is 2.38. The van der Waals surface area contributed by atoms with E-state index in [4.69, 9.17) is 14.2 Å². The van der Waals surface area contributed by atoms with Crippen LogP contribution in [0, 0.1) is 10.1 Å². The van der Waals surface area contributed by atoms with Gasteiger partial charge < -0.3 is 14.2 Å². The van der Waals surface area contributed by atoms with E-state index in [0.717, 1.165) is 23.5 Å². The molecule has 2 aromatic carbocycles. The van der Waals surface area contributed by atoms with Gasteiger partial charge in [0.15, 0.2) is 16.4 Å². The van der Waals surface area contributed by atoms with Crippen LogP contribution < -0.4 is 13.8 Å². The number of nitrogens with zero attached hydrogens (tertiary/aromatic N) is 2. The van der Waals surface area contributed by atoms with E-state index in [2.05, 4.69) is 0 Å². The van der Waals surface area contributed by atoms with Gasteiger partial charge in [0, 0.05) is 24.7 Å². The lowest BCUT2D eigenvalue weighted by molar-refractivity contribution is -0.387. The Morgan fingerprint density at radius 1 is 1.10 bits per heavy atom. The summed E-state index contributed by atoms with van der Waals surface area (Å²) in [6.07, 6.45) is 0. The number of sulfonamides is 1. The van der Waals surface area contributed by atoms with Crippen LogP contribution in [0.5, 0.6) is 11.5 Å². The average Bonchev–Trinajstić information content (AvgIpc) is 2.72. The van der Waals surface area contributed by atoms with Crippen molar-refractivity contribution < 1.29 is 32.3 Å². The molecule has 0 aliphatic carbocycles. The Morgan fingerprint density at radius 3 is 2.21 bits per heavy atom. The second kappa shape index (κ2) is 8.78. The predicted octanol–water partition coefficient (Wildman–Crippen LogP) is 2.61. The number of ether oxygens (including phenoxy) is 3. The molecular weight excluding hydrogens is 404 g/mol. The largest absolute Gasteiger partial charge is 0.493 e. The number of methoxy groups -OCH3 is 3. The maximum absolute atomic E-state index is 13.3. The summed E-state index contributed by atoms with van der Waals surface area (Å²) in [5.74, 6) is -0.445. The van der Waals surface area contributed by atoms with Crippen molar-refractivity contribution in [3.05, 3.63) is 52.1 Å². The molecule has 0 spiro atoms. The zero-order valence-electron chi connectivity index (χ0n) is 16.2. The van der Waals surface area contributed by atoms with Crippen LogP contribution in [0.3, 0.4) is 0 Å². The summed E-state index contributed by atoms with van der Waals surface area (Å²) in [7, 11) is -0.538. The fourth-order valence-electron chi connectivity index (χ4n) is 2.76. The minimum Gasteiger partial charge on any atom is -0.493 e. The van der Waals surface area contributed by atoms with Crippen LogP contribution in [-0.2, 0) is 14.8 Å². The fourth-order valence-corrected chi connectivity index (χ4v) is 4.41. The van der Waals surface area contributed by atoms with E-state index in [-0.39, 0.29) is 29.3 Å². The van der Waals surface area contributed by atoms with E-state index in [9.17, 15) is 23.3 Å². The number of carbonyl (C=O) groups excluding carboxylic acids is 1. The highest BCUT2D eigenvalue weighted by Gasteiger charge is 2.34. The van der Waals surface area contributed by atoms with Crippen LogP contribution in [0.25, 0.3) is 0 Å². The second-order valence-corrected chi connectivity index (χ2v) is 7.44. The molecule has 0 radical (unpaired) electrons. The smallest absolute Gasteiger partial charge is 0.340 e. The first-order valence-corrected chi connectivity index (χ1v) is 9.77. The van der Waals surface area contributed by atoms with Crippen molar-refractivity contribution in [3.63, 3.8) is 0 Å². The number of anilines is 1. The van der Waals surface area contributed by atoms with Crippen LogP contribution >= 0.6 is 0 Å². The summed E-state index contributed by atoms with van der Waals surface area (Å²) in [6.45, 7) is 1.41. The summed E-state index contributed by atoms with van der Waals surface area (Å²) >= 11 is 0. The van der Waals surface area contributed by atoms with E-state index >= 15 is 0 Å². The lowest BCUT2D eigenvalue weighted by Gasteiger charge is -2.25. The van der Waals surface area contributed by atoms with Gasteiger partial charge >= 0.3 is 5.97 Å². The van der Waals surface area contributed by atoms with Crippen molar-refractivity contribution >= 4 is 27.4 Å². The molecule has 0 fully saturated rings. The molecule has 29 heavy (non-hydrogen) atoms. The number of nitro groups is 1. The molecule has 0 saturated heterocycles. The minimum atomic E-state index is -4.40. The molecule has 0 amide bonds. The lowest BCUT2D eigenvalue weighted by Crippen LogP contribution is -2.32. The highest BCUT2D eigenvalue weighted by atomic mass is 32.2. The molecule has 0 aromatic heterocycles. The summed E-state index contributed by atoms with van der Waals surface area (Å²) in [5, 5.41) is 11.3. The van der Waals surface area contributed by atoms with Crippen molar-refractivity contribution in [1.29, 1.82) is 0 Å². The minimum absolute atomic E-state index is 0.0600. The first kappa shape index (κ1) is 22.0. The number of hydrogen-bond donors (Lipinski definition) is 0. The molecule has 0 saturated carbocycles. The van der Waals surface area contributed by atoms with Crippen molar-refractivity contribution in [1.82, 2.24) is 0 Å². The Hall–Kier alpha value is -3.34. The van der Waals surface area contributed by atoms with Crippen LogP contribution in [0.4, 0.5) is 11.4 Å². The number of esters is 1. The van der Waals surface area contributed by atoms with Crippen LogP contribution in [0.1, 0.15) is 17.3 Å². The molecule has 10 nitrogen and oxygen atoms in total. The Bertz CT molecular complexity index is 1040. The number of para-hydroxylation sites is 1. The van der Waals surface area contributed by atoms with Gasteiger partial charge in [-0.25, -0.2) is 13.2 Å². The average molecular weight is 424 g/mol. The van der Waals surface area contributed by atoms with Crippen molar-refractivity contribution in [2.75, 3.05) is 32.2 Å². The van der Waals surface area contributed by atoms with Gasteiger partial charge in [-0.05, 0) is 13.0 Å². The molecule has 0 unspecified atom stereocenters. The molecule has 0 aliphatic heterocycles. The predicted molar refractivity (Wildman–Crippen MR) is 104 cm³/mol. The Balaban J connectivity index is 2.80. The second-order valence-electron chi connectivity index (χ2n) is 5.61. The number of nitro benzene ring substituents is 1. The van der Waals surface area contributed by atoms with E-state index in [0.29, 0.717) is 0 Å². The Morgan fingerprint density at radius 2 is 1.69 bits per heavy atom. The van der Waals surface area contributed by atoms with Crippen molar-refractivity contribution in [2.24, 2.45) is 0 Å². The van der Waals surface area contributed by atoms with E-state index < -0.39 is 31.5 Å². The van der Waals surface area contributed by atoms with Crippen LogP contribution in [0.15, 0.2) is 41.3 Å². The van der Waals surface area contributed by atoms with Crippen LogP contribution in [0.2, 0.25) is 0 Å². The molecule has 0 N–H and O–H groups in total. The monoisotopic (exact) mass is 424 g/mol. The summed E-state index contributed by atoms with van der Waals surface area (Å²) in [5.41, 5.74) is -0.740. The number of benzene rings is 2. The number of hydrogen-bond acceptors (Lipinski definition) is 8. The third kappa shape index (κ3) is 4.09. The van der Waals surface area contributed by atoms with Crippen molar-refractivity contribution in [3.8, 4) is 11.5 Å². The molecule has 2 aromatic rings. The van der Waals surface area contributed by atoms with E-state index in [1.54, 1.807) is 0 Å². The van der Waals surface area contributed by atoms with Gasteiger partial charge in [0.2, 0.25) is 0 Å². The lowest BCUT2D eigenvalue weighted by atomic mass is 10.1. The fraction of sp³-hybridized carbons (Fsp3) is 0.278. The SMILES string of the molecule is CCN(c1cc(OC)c(OC)cc1C(=O)OC)S(=O)(=O)c1ccccc1[N+](=O)[O-]. The van der Waals surface area contributed by atoms with Gasteiger partial charge in [0.25, 0.3) is 15.7 Å².